The zero-order chi connectivity index (χ0) is 10.4. The maximum Gasteiger partial charge on any atom is 0.0248 e. The van der Waals surface area contributed by atoms with Gasteiger partial charge in [-0.3, -0.25) is 0 Å². The van der Waals surface area contributed by atoms with Gasteiger partial charge in [0.25, 0.3) is 0 Å². The van der Waals surface area contributed by atoms with Gasteiger partial charge in [-0.25, -0.2) is 0 Å². The predicted molar refractivity (Wildman–Crippen MR) is 65.8 cm³/mol. The molecule has 0 N–H and O–H groups in total. The van der Waals surface area contributed by atoms with Crippen molar-refractivity contribution in [3.05, 3.63) is 35.4 Å². The summed E-state index contributed by atoms with van der Waals surface area (Å²) in [5.41, 5.74) is 2.48. The number of alkyl halides is 1. The lowest BCUT2D eigenvalue weighted by molar-refractivity contribution is 0.866. The van der Waals surface area contributed by atoms with E-state index in [0.717, 1.165) is 17.3 Å². The molecule has 0 radical (unpaired) electrons. The number of rotatable bonds is 2. The molecule has 1 rings (SSSR count). The van der Waals surface area contributed by atoms with Crippen molar-refractivity contribution in [2.75, 3.05) is 5.33 Å². The summed E-state index contributed by atoms with van der Waals surface area (Å²) < 4.78 is 0. The molecule has 1 aromatic carbocycles. The molecule has 0 aliphatic carbocycles. The highest BCUT2D eigenvalue weighted by atomic mass is 79.9. The molecule has 14 heavy (non-hydrogen) atoms. The van der Waals surface area contributed by atoms with Crippen molar-refractivity contribution in [2.45, 2.75) is 26.2 Å². The summed E-state index contributed by atoms with van der Waals surface area (Å²) in [7, 11) is 0. The molecule has 0 fully saturated rings. The van der Waals surface area contributed by atoms with E-state index < -0.39 is 0 Å². The van der Waals surface area contributed by atoms with Crippen LogP contribution in [-0.2, 0) is 0 Å². The number of halogens is 1. The molecule has 1 aromatic rings. The van der Waals surface area contributed by atoms with Gasteiger partial charge in [0.2, 0.25) is 0 Å². The maximum atomic E-state index is 3.36. The van der Waals surface area contributed by atoms with E-state index in [9.17, 15) is 0 Å². The van der Waals surface area contributed by atoms with E-state index >= 15 is 0 Å². The van der Waals surface area contributed by atoms with Gasteiger partial charge in [0.05, 0.1) is 0 Å². The second-order valence-corrected chi connectivity index (χ2v) is 4.31. The first-order chi connectivity index (χ1) is 6.74. The van der Waals surface area contributed by atoms with E-state index in [1.807, 2.05) is 0 Å². The SMILES string of the molecule is CC(C)c1cccc(C#CCCBr)c1. The Morgan fingerprint density at radius 2 is 2.14 bits per heavy atom. The van der Waals surface area contributed by atoms with Gasteiger partial charge in [0, 0.05) is 17.3 Å². The zero-order valence-corrected chi connectivity index (χ0v) is 10.3. The molecule has 0 spiro atoms. The second kappa shape index (κ2) is 5.88. The fourth-order valence-electron chi connectivity index (χ4n) is 1.19. The predicted octanol–water partition coefficient (Wildman–Crippen LogP) is 3.95. The third kappa shape index (κ3) is 3.55. The third-order valence-corrected chi connectivity index (χ3v) is 2.40. The van der Waals surface area contributed by atoms with Crippen molar-refractivity contribution in [3.63, 3.8) is 0 Å². The molecule has 0 aliphatic heterocycles. The van der Waals surface area contributed by atoms with Crippen LogP contribution in [0.2, 0.25) is 0 Å². The summed E-state index contributed by atoms with van der Waals surface area (Å²) in [5.74, 6) is 6.86. The molecule has 0 saturated heterocycles. The van der Waals surface area contributed by atoms with Crippen molar-refractivity contribution in [2.24, 2.45) is 0 Å². The molecule has 74 valence electrons. The molecule has 0 nitrogen and oxygen atoms in total. The Bertz CT molecular complexity index is 342. The standard InChI is InChI=1S/C13H15Br/c1-11(2)13-8-5-7-12(10-13)6-3-4-9-14/h5,7-8,10-11H,4,9H2,1-2H3. The van der Waals surface area contributed by atoms with E-state index in [4.69, 9.17) is 0 Å². The highest BCUT2D eigenvalue weighted by Gasteiger charge is 1.97. The number of hydrogen-bond donors (Lipinski definition) is 0. The normalized spacial score (nSPS) is 9.71. The first kappa shape index (κ1) is 11.3. The molecule has 0 aromatic heterocycles. The van der Waals surface area contributed by atoms with Gasteiger partial charge >= 0.3 is 0 Å². The summed E-state index contributed by atoms with van der Waals surface area (Å²) in [6, 6.07) is 8.47. The van der Waals surface area contributed by atoms with Gasteiger partial charge in [0.15, 0.2) is 0 Å². The van der Waals surface area contributed by atoms with Crippen LogP contribution in [0.5, 0.6) is 0 Å². The Labute approximate surface area is 94.9 Å². The Morgan fingerprint density at radius 3 is 2.79 bits per heavy atom. The zero-order valence-electron chi connectivity index (χ0n) is 8.68. The smallest absolute Gasteiger partial charge is 0.0248 e. The molecule has 0 amide bonds. The first-order valence-electron chi connectivity index (χ1n) is 4.89. The fraction of sp³-hybridized carbons (Fsp3) is 0.385. The van der Waals surface area contributed by atoms with Crippen molar-refractivity contribution in [1.29, 1.82) is 0 Å². The van der Waals surface area contributed by atoms with Crippen LogP contribution in [0.3, 0.4) is 0 Å². The van der Waals surface area contributed by atoms with E-state index in [1.165, 1.54) is 5.56 Å². The van der Waals surface area contributed by atoms with Crippen LogP contribution in [-0.4, -0.2) is 5.33 Å². The van der Waals surface area contributed by atoms with Gasteiger partial charge in [-0.1, -0.05) is 53.8 Å². The van der Waals surface area contributed by atoms with Crippen LogP contribution in [0.25, 0.3) is 0 Å². The van der Waals surface area contributed by atoms with Gasteiger partial charge in [-0.15, -0.1) is 0 Å². The Balaban J connectivity index is 2.80. The topological polar surface area (TPSA) is 0 Å². The average Bonchev–Trinajstić information content (AvgIpc) is 2.19. The van der Waals surface area contributed by atoms with E-state index in [-0.39, 0.29) is 0 Å². The maximum absolute atomic E-state index is 3.36. The minimum Gasteiger partial charge on any atom is -0.0970 e. The molecule has 0 atom stereocenters. The lowest BCUT2D eigenvalue weighted by atomic mass is 10.0. The minimum absolute atomic E-state index is 0.577. The Kier molecular flexibility index (Phi) is 4.76. The van der Waals surface area contributed by atoms with Gasteiger partial charge in [0.1, 0.15) is 0 Å². The second-order valence-electron chi connectivity index (χ2n) is 3.52. The molecular weight excluding hydrogens is 236 g/mol. The summed E-state index contributed by atoms with van der Waals surface area (Å²) in [5, 5.41) is 0.948. The Morgan fingerprint density at radius 1 is 1.36 bits per heavy atom. The van der Waals surface area contributed by atoms with Crippen molar-refractivity contribution in [1.82, 2.24) is 0 Å². The van der Waals surface area contributed by atoms with Crippen LogP contribution in [0.4, 0.5) is 0 Å². The van der Waals surface area contributed by atoms with Gasteiger partial charge in [-0.2, -0.15) is 0 Å². The molecule has 0 saturated carbocycles. The highest BCUT2D eigenvalue weighted by molar-refractivity contribution is 9.09. The van der Waals surface area contributed by atoms with Crippen molar-refractivity contribution in [3.8, 4) is 11.8 Å². The van der Waals surface area contributed by atoms with Crippen molar-refractivity contribution < 1.29 is 0 Å². The molecule has 1 heteroatoms. The molecular formula is C13H15Br. The lowest BCUT2D eigenvalue weighted by Crippen LogP contribution is -1.87. The van der Waals surface area contributed by atoms with E-state index in [1.54, 1.807) is 0 Å². The van der Waals surface area contributed by atoms with Gasteiger partial charge < -0.3 is 0 Å². The molecule has 0 aliphatic rings. The van der Waals surface area contributed by atoms with Gasteiger partial charge in [-0.05, 0) is 23.6 Å². The largest absolute Gasteiger partial charge is 0.0970 e. The monoisotopic (exact) mass is 250 g/mol. The third-order valence-electron chi connectivity index (χ3n) is 2.01. The first-order valence-corrected chi connectivity index (χ1v) is 6.01. The Hall–Kier alpha value is -0.740. The van der Waals surface area contributed by atoms with Crippen molar-refractivity contribution >= 4 is 15.9 Å². The lowest BCUT2D eigenvalue weighted by Gasteiger charge is -2.04. The molecule has 0 heterocycles. The number of benzene rings is 1. The average molecular weight is 251 g/mol. The summed E-state index contributed by atoms with van der Waals surface area (Å²) >= 11 is 3.36. The van der Waals surface area contributed by atoms with Crippen LogP contribution >= 0.6 is 15.9 Å². The van der Waals surface area contributed by atoms with Crippen LogP contribution in [0, 0.1) is 11.8 Å². The highest BCUT2D eigenvalue weighted by Crippen LogP contribution is 2.14. The minimum atomic E-state index is 0.577. The van der Waals surface area contributed by atoms with E-state index in [0.29, 0.717) is 5.92 Å². The summed E-state index contributed by atoms with van der Waals surface area (Å²) in [6.07, 6.45) is 0.909. The van der Waals surface area contributed by atoms with Crippen LogP contribution < -0.4 is 0 Å². The van der Waals surface area contributed by atoms with Crippen LogP contribution in [0.1, 0.15) is 37.3 Å². The fourth-order valence-corrected chi connectivity index (χ4v) is 1.39. The quantitative estimate of drug-likeness (QED) is 0.551. The molecule has 0 unspecified atom stereocenters. The summed E-state index contributed by atoms with van der Waals surface area (Å²) in [4.78, 5) is 0. The summed E-state index contributed by atoms with van der Waals surface area (Å²) in [6.45, 7) is 4.40. The van der Waals surface area contributed by atoms with E-state index in [2.05, 4.69) is 65.9 Å². The van der Waals surface area contributed by atoms with Crippen LogP contribution in [0.15, 0.2) is 24.3 Å². The molecule has 0 bridgehead atoms. The number of hydrogen-bond acceptors (Lipinski definition) is 0.